The third-order valence-corrected chi connectivity index (χ3v) is 3.15. The van der Waals surface area contributed by atoms with Crippen LogP contribution in [0.1, 0.15) is 19.1 Å². The standard InChI is InChI=1S/C16H28N4O3/c1-5-22-10-7-9-17-16(18-12-15(21)19(2)3)20(4)13-14-8-6-11-23-14/h6,8,11H,5,7,9-10,12-13H2,1-4H3,(H,17,18). The van der Waals surface area contributed by atoms with Crippen LogP contribution in [0, 0.1) is 0 Å². The molecule has 0 atom stereocenters. The minimum Gasteiger partial charge on any atom is -0.467 e. The summed E-state index contributed by atoms with van der Waals surface area (Å²) in [5.74, 6) is 1.48. The van der Waals surface area contributed by atoms with Crippen LogP contribution in [-0.2, 0) is 16.1 Å². The Hall–Kier alpha value is -2.02. The van der Waals surface area contributed by atoms with Crippen molar-refractivity contribution in [1.29, 1.82) is 0 Å². The maximum Gasteiger partial charge on any atom is 0.243 e. The first-order valence-corrected chi connectivity index (χ1v) is 7.84. The number of nitrogens with one attached hydrogen (secondary N) is 1. The van der Waals surface area contributed by atoms with E-state index in [1.165, 1.54) is 4.90 Å². The molecule has 0 aliphatic rings. The number of hydrogen-bond acceptors (Lipinski definition) is 4. The lowest BCUT2D eigenvalue weighted by atomic mass is 10.4. The molecule has 0 saturated carbocycles. The highest BCUT2D eigenvalue weighted by atomic mass is 16.5. The van der Waals surface area contributed by atoms with Crippen molar-refractivity contribution < 1.29 is 13.9 Å². The van der Waals surface area contributed by atoms with E-state index in [2.05, 4.69) is 10.3 Å². The monoisotopic (exact) mass is 324 g/mol. The van der Waals surface area contributed by atoms with E-state index in [0.717, 1.165) is 25.3 Å². The van der Waals surface area contributed by atoms with Gasteiger partial charge in [-0.25, -0.2) is 4.99 Å². The normalized spacial score (nSPS) is 11.4. The molecule has 7 nitrogen and oxygen atoms in total. The number of hydrogen-bond donors (Lipinski definition) is 1. The number of nitrogens with zero attached hydrogens (tertiary/aromatic N) is 3. The zero-order valence-corrected chi connectivity index (χ0v) is 14.5. The van der Waals surface area contributed by atoms with Gasteiger partial charge in [0.25, 0.3) is 0 Å². The average Bonchev–Trinajstić information content (AvgIpc) is 3.02. The van der Waals surface area contributed by atoms with Gasteiger partial charge >= 0.3 is 0 Å². The van der Waals surface area contributed by atoms with Crippen molar-refractivity contribution in [3.05, 3.63) is 24.2 Å². The number of carbonyl (C=O) groups is 1. The zero-order chi connectivity index (χ0) is 17.1. The average molecular weight is 324 g/mol. The summed E-state index contributed by atoms with van der Waals surface area (Å²) in [6, 6.07) is 3.76. The maximum absolute atomic E-state index is 11.7. The van der Waals surface area contributed by atoms with E-state index < -0.39 is 0 Å². The molecule has 1 N–H and O–H groups in total. The van der Waals surface area contributed by atoms with Gasteiger partial charge in [0.2, 0.25) is 5.91 Å². The molecule has 0 spiro atoms. The third kappa shape index (κ3) is 7.69. The van der Waals surface area contributed by atoms with E-state index in [1.54, 1.807) is 20.4 Å². The quantitative estimate of drug-likeness (QED) is 0.419. The van der Waals surface area contributed by atoms with Crippen LogP contribution in [0.4, 0.5) is 0 Å². The van der Waals surface area contributed by atoms with E-state index in [9.17, 15) is 4.79 Å². The summed E-state index contributed by atoms with van der Waals surface area (Å²) in [5.41, 5.74) is 0. The number of rotatable bonds is 9. The van der Waals surface area contributed by atoms with Gasteiger partial charge in [0, 0.05) is 40.9 Å². The fourth-order valence-electron chi connectivity index (χ4n) is 1.83. The minimum atomic E-state index is -0.0370. The topological polar surface area (TPSA) is 70.3 Å². The van der Waals surface area contributed by atoms with Gasteiger partial charge in [0.05, 0.1) is 12.8 Å². The highest BCUT2D eigenvalue weighted by Gasteiger charge is 2.10. The molecule has 0 aliphatic heterocycles. The summed E-state index contributed by atoms with van der Waals surface area (Å²) in [7, 11) is 5.36. The first kappa shape index (κ1) is 19.0. The number of aliphatic imine (C=N–C) groups is 1. The molecule has 0 unspecified atom stereocenters. The van der Waals surface area contributed by atoms with E-state index in [0.29, 0.717) is 19.1 Å². The molecule has 0 fully saturated rings. The number of ether oxygens (including phenoxy) is 1. The molecular formula is C16H28N4O3. The Bertz CT molecular complexity index is 472. The second kappa shape index (κ2) is 10.7. The van der Waals surface area contributed by atoms with Crippen LogP contribution in [0.3, 0.4) is 0 Å². The van der Waals surface area contributed by atoms with Gasteiger partial charge in [0.15, 0.2) is 5.96 Å². The van der Waals surface area contributed by atoms with Crippen LogP contribution >= 0.6 is 0 Å². The number of amides is 1. The number of carbonyl (C=O) groups excluding carboxylic acids is 1. The highest BCUT2D eigenvalue weighted by Crippen LogP contribution is 2.04. The van der Waals surface area contributed by atoms with Crippen molar-refractivity contribution in [2.45, 2.75) is 19.9 Å². The largest absolute Gasteiger partial charge is 0.467 e. The van der Waals surface area contributed by atoms with Crippen molar-refractivity contribution in [2.75, 3.05) is 47.4 Å². The predicted molar refractivity (Wildman–Crippen MR) is 90.3 cm³/mol. The van der Waals surface area contributed by atoms with Crippen LogP contribution in [0.2, 0.25) is 0 Å². The lowest BCUT2D eigenvalue weighted by molar-refractivity contribution is -0.127. The van der Waals surface area contributed by atoms with Gasteiger partial charge in [-0.2, -0.15) is 0 Å². The van der Waals surface area contributed by atoms with Gasteiger partial charge < -0.3 is 24.3 Å². The molecule has 0 saturated heterocycles. The van der Waals surface area contributed by atoms with E-state index in [1.807, 2.05) is 31.0 Å². The van der Waals surface area contributed by atoms with Crippen LogP contribution in [0.5, 0.6) is 0 Å². The molecule has 0 aliphatic carbocycles. The number of likely N-dealkylation sites (N-methyl/N-ethyl adjacent to an activating group) is 1. The molecule has 0 radical (unpaired) electrons. The third-order valence-electron chi connectivity index (χ3n) is 3.15. The summed E-state index contributed by atoms with van der Waals surface area (Å²) < 4.78 is 10.7. The van der Waals surface area contributed by atoms with Gasteiger partial charge in [-0.15, -0.1) is 0 Å². The number of furan rings is 1. The van der Waals surface area contributed by atoms with Crippen LogP contribution in [0.25, 0.3) is 0 Å². The lowest BCUT2D eigenvalue weighted by Crippen LogP contribution is -2.40. The predicted octanol–water partition coefficient (Wildman–Crippen LogP) is 1.17. The zero-order valence-electron chi connectivity index (χ0n) is 14.5. The van der Waals surface area contributed by atoms with Crippen molar-refractivity contribution in [1.82, 2.24) is 15.1 Å². The molecule has 1 aromatic heterocycles. The Balaban J connectivity index is 2.58. The van der Waals surface area contributed by atoms with E-state index in [-0.39, 0.29) is 12.5 Å². The Labute approximate surface area is 138 Å². The number of guanidine groups is 1. The summed E-state index contributed by atoms with van der Waals surface area (Å²) >= 11 is 0. The van der Waals surface area contributed by atoms with Crippen LogP contribution in [-0.4, -0.2) is 69.1 Å². The lowest BCUT2D eigenvalue weighted by Gasteiger charge is -2.22. The molecule has 0 aromatic carbocycles. The highest BCUT2D eigenvalue weighted by molar-refractivity contribution is 5.84. The first-order valence-electron chi connectivity index (χ1n) is 7.84. The fourth-order valence-corrected chi connectivity index (χ4v) is 1.83. The molecule has 1 aromatic rings. The van der Waals surface area contributed by atoms with E-state index >= 15 is 0 Å². The molecule has 1 amide bonds. The fraction of sp³-hybridized carbons (Fsp3) is 0.625. The summed E-state index contributed by atoms with van der Waals surface area (Å²) in [4.78, 5) is 19.6. The first-order chi connectivity index (χ1) is 11.0. The van der Waals surface area contributed by atoms with Crippen molar-refractivity contribution in [3.8, 4) is 0 Å². The Morgan fingerprint density at radius 3 is 2.78 bits per heavy atom. The smallest absolute Gasteiger partial charge is 0.243 e. The van der Waals surface area contributed by atoms with Crippen LogP contribution < -0.4 is 5.32 Å². The molecule has 0 bridgehead atoms. The minimum absolute atomic E-state index is 0.0370. The molecule has 23 heavy (non-hydrogen) atoms. The van der Waals surface area contributed by atoms with Gasteiger partial charge in [-0.1, -0.05) is 0 Å². The summed E-state index contributed by atoms with van der Waals surface area (Å²) in [5, 5.41) is 3.27. The second-order valence-corrected chi connectivity index (χ2v) is 5.34. The molecule has 7 heteroatoms. The molecular weight excluding hydrogens is 296 g/mol. The molecule has 1 heterocycles. The van der Waals surface area contributed by atoms with Gasteiger partial charge in [-0.05, 0) is 25.5 Å². The van der Waals surface area contributed by atoms with Gasteiger partial charge in [0.1, 0.15) is 12.3 Å². The SMILES string of the molecule is CCOCCCNC(=NCC(=O)N(C)C)N(C)Cc1ccco1. The summed E-state index contributed by atoms with van der Waals surface area (Å²) in [6.07, 6.45) is 2.52. The van der Waals surface area contributed by atoms with Gasteiger partial charge in [-0.3, -0.25) is 4.79 Å². The maximum atomic E-state index is 11.7. The van der Waals surface area contributed by atoms with Crippen molar-refractivity contribution in [3.63, 3.8) is 0 Å². The van der Waals surface area contributed by atoms with Crippen LogP contribution in [0.15, 0.2) is 27.8 Å². The van der Waals surface area contributed by atoms with E-state index in [4.69, 9.17) is 9.15 Å². The Morgan fingerprint density at radius 2 is 2.17 bits per heavy atom. The summed E-state index contributed by atoms with van der Waals surface area (Å²) in [6.45, 7) is 4.83. The van der Waals surface area contributed by atoms with Crippen molar-refractivity contribution >= 4 is 11.9 Å². The second-order valence-electron chi connectivity index (χ2n) is 5.34. The molecule has 1 rings (SSSR count). The van der Waals surface area contributed by atoms with Crippen molar-refractivity contribution in [2.24, 2.45) is 4.99 Å². The Morgan fingerprint density at radius 1 is 1.39 bits per heavy atom. The molecule has 130 valence electrons. The Kier molecular flexibility index (Phi) is 8.82.